The number of aliphatic imine (C=N–C) groups is 1. The normalized spacial score (nSPS) is 22.2. The van der Waals surface area contributed by atoms with Crippen LogP contribution in [-0.4, -0.2) is 107 Å². The van der Waals surface area contributed by atoms with Gasteiger partial charge in [-0.1, -0.05) is 42.1 Å². The minimum absolute atomic E-state index is 0.195. The third kappa shape index (κ3) is 4.40. The number of benzene rings is 2. The van der Waals surface area contributed by atoms with Crippen LogP contribution in [0.25, 0.3) is 10.2 Å². The van der Waals surface area contributed by atoms with E-state index in [0.29, 0.717) is 6.54 Å². The van der Waals surface area contributed by atoms with Gasteiger partial charge in [0.1, 0.15) is 0 Å². The number of carbonyl (C=O) groups is 2. The Labute approximate surface area is 224 Å². The number of thioether (sulfide) groups is 1. The SMILES string of the molecule is CN1C(=O)C2C(N=C(N3CCN(c4ccccc4)CC3)N2CCSc2nc3ccccc3s2)N(C)C1=O. The lowest BCUT2D eigenvalue weighted by Crippen LogP contribution is -2.65. The van der Waals surface area contributed by atoms with Gasteiger partial charge in [0.2, 0.25) is 0 Å². The molecular weight excluding hydrogens is 506 g/mol. The van der Waals surface area contributed by atoms with Crippen molar-refractivity contribution in [3.63, 3.8) is 0 Å². The van der Waals surface area contributed by atoms with Crippen LogP contribution in [0.4, 0.5) is 10.5 Å². The Kier molecular flexibility index (Phi) is 6.41. The van der Waals surface area contributed by atoms with Crippen LogP contribution < -0.4 is 4.90 Å². The monoisotopic (exact) mass is 535 g/mol. The van der Waals surface area contributed by atoms with Gasteiger partial charge in [-0.2, -0.15) is 0 Å². The molecule has 0 radical (unpaired) electrons. The molecule has 4 heterocycles. The Bertz CT molecular complexity index is 1310. The number of urea groups is 1. The van der Waals surface area contributed by atoms with Crippen molar-refractivity contribution in [2.75, 3.05) is 57.5 Å². The molecule has 2 atom stereocenters. The number of para-hydroxylation sites is 2. The molecule has 2 unspecified atom stereocenters. The number of hydrogen-bond acceptors (Lipinski definition) is 9. The molecule has 2 saturated heterocycles. The fourth-order valence-corrected chi connectivity index (χ4v) is 7.28. The number of amides is 3. The van der Waals surface area contributed by atoms with Gasteiger partial charge in [-0.05, 0) is 24.3 Å². The summed E-state index contributed by atoms with van der Waals surface area (Å²) in [5.74, 6) is 1.39. The highest BCUT2D eigenvalue weighted by molar-refractivity contribution is 8.01. The number of nitrogens with zero attached hydrogens (tertiary/aromatic N) is 7. The molecule has 11 heteroatoms. The first kappa shape index (κ1) is 24.1. The van der Waals surface area contributed by atoms with Crippen molar-refractivity contribution >= 4 is 56.9 Å². The summed E-state index contributed by atoms with van der Waals surface area (Å²) < 4.78 is 2.19. The lowest BCUT2D eigenvalue weighted by Gasteiger charge is -2.42. The first-order chi connectivity index (χ1) is 18.0. The van der Waals surface area contributed by atoms with E-state index in [1.807, 2.05) is 24.3 Å². The zero-order valence-corrected chi connectivity index (χ0v) is 22.5. The first-order valence-corrected chi connectivity index (χ1v) is 14.2. The Balaban J connectivity index is 1.20. The zero-order valence-electron chi connectivity index (χ0n) is 20.9. The summed E-state index contributed by atoms with van der Waals surface area (Å²) >= 11 is 3.39. The molecule has 2 aromatic carbocycles. The summed E-state index contributed by atoms with van der Waals surface area (Å²) in [5.41, 5.74) is 2.23. The van der Waals surface area contributed by atoms with E-state index in [2.05, 4.69) is 45.0 Å². The Morgan fingerprint density at radius 1 is 0.946 bits per heavy atom. The van der Waals surface area contributed by atoms with Gasteiger partial charge in [0.15, 0.2) is 22.5 Å². The van der Waals surface area contributed by atoms with Crippen molar-refractivity contribution in [2.24, 2.45) is 4.99 Å². The van der Waals surface area contributed by atoms with Crippen molar-refractivity contribution in [2.45, 2.75) is 16.5 Å². The molecule has 0 N–H and O–H groups in total. The Hall–Kier alpha value is -3.31. The predicted octanol–water partition coefficient (Wildman–Crippen LogP) is 3.10. The van der Waals surface area contributed by atoms with Crippen LogP contribution in [0.5, 0.6) is 0 Å². The highest BCUT2D eigenvalue weighted by Gasteiger charge is 2.52. The summed E-state index contributed by atoms with van der Waals surface area (Å²) in [7, 11) is 3.29. The molecule has 3 aliphatic rings. The van der Waals surface area contributed by atoms with E-state index in [1.54, 1.807) is 42.1 Å². The van der Waals surface area contributed by atoms with Crippen LogP contribution in [0, 0.1) is 0 Å². The number of rotatable bonds is 5. The quantitative estimate of drug-likeness (QED) is 0.465. The molecule has 1 aromatic heterocycles. The molecule has 192 valence electrons. The molecule has 0 aliphatic carbocycles. The minimum atomic E-state index is -0.509. The third-order valence-corrected chi connectivity index (χ3v) is 9.37. The van der Waals surface area contributed by atoms with Crippen LogP contribution in [-0.2, 0) is 4.79 Å². The molecule has 2 fully saturated rings. The molecule has 0 spiro atoms. The number of aromatic nitrogens is 1. The van der Waals surface area contributed by atoms with E-state index in [0.717, 1.165) is 47.7 Å². The van der Waals surface area contributed by atoms with Gasteiger partial charge in [-0.25, -0.2) is 14.8 Å². The second kappa shape index (κ2) is 9.86. The van der Waals surface area contributed by atoms with Gasteiger partial charge in [0, 0.05) is 58.3 Å². The van der Waals surface area contributed by atoms with Gasteiger partial charge in [0.25, 0.3) is 5.91 Å². The second-order valence-electron chi connectivity index (χ2n) is 9.38. The summed E-state index contributed by atoms with van der Waals surface area (Å²) in [4.78, 5) is 45.3. The maximum absolute atomic E-state index is 13.3. The van der Waals surface area contributed by atoms with Crippen molar-refractivity contribution in [1.29, 1.82) is 0 Å². The lowest BCUT2D eigenvalue weighted by atomic mass is 10.1. The number of guanidine groups is 1. The maximum Gasteiger partial charge on any atom is 0.328 e. The minimum Gasteiger partial charge on any atom is -0.368 e. The summed E-state index contributed by atoms with van der Waals surface area (Å²) in [6.07, 6.45) is -0.509. The number of hydrogen-bond donors (Lipinski definition) is 0. The third-order valence-electron chi connectivity index (χ3n) is 7.21. The van der Waals surface area contributed by atoms with Crippen LogP contribution in [0.3, 0.4) is 0 Å². The standard InChI is InChI=1S/C26H29N7O2S2/c1-29-22-21(23(34)30(2)26(29)35)33(16-17-36-25-27-19-10-6-7-11-20(19)37-25)24(28-22)32-14-12-31(13-15-32)18-8-4-3-5-9-18/h3-11,21-22H,12-17H2,1-2H3. The Morgan fingerprint density at radius 2 is 1.65 bits per heavy atom. The van der Waals surface area contributed by atoms with Crippen molar-refractivity contribution < 1.29 is 9.59 Å². The van der Waals surface area contributed by atoms with Gasteiger partial charge >= 0.3 is 6.03 Å². The van der Waals surface area contributed by atoms with Crippen LogP contribution >= 0.6 is 23.1 Å². The van der Waals surface area contributed by atoms with Crippen LogP contribution in [0.2, 0.25) is 0 Å². The number of likely N-dealkylation sites (N-methyl/N-ethyl adjacent to an activating group) is 2. The first-order valence-electron chi connectivity index (χ1n) is 12.4. The smallest absolute Gasteiger partial charge is 0.328 e. The Morgan fingerprint density at radius 3 is 2.41 bits per heavy atom. The highest BCUT2D eigenvalue weighted by Crippen LogP contribution is 2.32. The average molecular weight is 536 g/mol. The molecule has 0 bridgehead atoms. The molecular formula is C26H29N7O2S2. The second-order valence-corrected chi connectivity index (χ2v) is 11.7. The molecule has 3 aromatic rings. The van der Waals surface area contributed by atoms with E-state index < -0.39 is 12.2 Å². The number of piperazine rings is 1. The fraction of sp³-hybridized carbons (Fsp3) is 0.385. The van der Waals surface area contributed by atoms with E-state index in [4.69, 9.17) is 9.98 Å². The molecule has 6 rings (SSSR count). The van der Waals surface area contributed by atoms with E-state index in [1.165, 1.54) is 15.3 Å². The van der Waals surface area contributed by atoms with Crippen LogP contribution in [0.15, 0.2) is 63.9 Å². The van der Waals surface area contributed by atoms with Gasteiger partial charge in [-0.3, -0.25) is 9.69 Å². The topological polar surface area (TPSA) is 75.6 Å². The number of thiazole rings is 1. The number of fused-ring (bicyclic) bond motifs is 2. The van der Waals surface area contributed by atoms with E-state index in [-0.39, 0.29) is 11.9 Å². The van der Waals surface area contributed by atoms with E-state index >= 15 is 0 Å². The molecule has 9 nitrogen and oxygen atoms in total. The molecule has 3 aliphatic heterocycles. The van der Waals surface area contributed by atoms with Crippen LogP contribution in [0.1, 0.15) is 0 Å². The summed E-state index contributed by atoms with van der Waals surface area (Å²) in [6, 6.07) is 17.8. The van der Waals surface area contributed by atoms with Gasteiger partial charge in [0.05, 0.1) is 10.2 Å². The fourth-order valence-electron chi connectivity index (χ4n) is 5.20. The largest absolute Gasteiger partial charge is 0.368 e. The van der Waals surface area contributed by atoms with E-state index in [9.17, 15) is 9.59 Å². The predicted molar refractivity (Wildman–Crippen MR) is 148 cm³/mol. The molecule has 0 saturated carbocycles. The number of imide groups is 1. The maximum atomic E-state index is 13.3. The molecule has 37 heavy (non-hydrogen) atoms. The van der Waals surface area contributed by atoms with Crippen molar-refractivity contribution in [1.82, 2.24) is 24.6 Å². The highest BCUT2D eigenvalue weighted by atomic mass is 32.2. The van der Waals surface area contributed by atoms with Gasteiger partial charge < -0.3 is 19.6 Å². The van der Waals surface area contributed by atoms with Crippen molar-refractivity contribution in [3.05, 3.63) is 54.6 Å². The summed E-state index contributed by atoms with van der Waals surface area (Å²) in [6.45, 7) is 3.98. The van der Waals surface area contributed by atoms with Crippen molar-refractivity contribution in [3.8, 4) is 0 Å². The number of carbonyl (C=O) groups excluding carboxylic acids is 2. The summed E-state index contributed by atoms with van der Waals surface area (Å²) in [5, 5.41) is 0. The number of anilines is 1. The molecule has 3 amide bonds. The zero-order chi connectivity index (χ0) is 25.5. The average Bonchev–Trinajstić information content (AvgIpc) is 3.53. The van der Waals surface area contributed by atoms with Gasteiger partial charge in [-0.15, -0.1) is 11.3 Å². The lowest BCUT2D eigenvalue weighted by molar-refractivity contribution is -0.136.